The Hall–Kier alpha value is -0.640. The lowest BCUT2D eigenvalue weighted by Crippen LogP contribution is -2.49. The molecule has 29 heavy (non-hydrogen) atoms. The molecule has 0 atom stereocenters. The van der Waals surface area contributed by atoms with Crippen LogP contribution in [0.1, 0.15) is 38.7 Å². The van der Waals surface area contributed by atoms with E-state index in [4.69, 9.17) is 21.1 Å². The molecule has 1 N–H and O–H groups in total. The van der Waals surface area contributed by atoms with Gasteiger partial charge in [-0.05, 0) is 37.0 Å². The molecule has 0 aliphatic carbocycles. The summed E-state index contributed by atoms with van der Waals surface area (Å²) in [6.07, 6.45) is 3.21. The first-order valence-electron chi connectivity index (χ1n) is 9.89. The van der Waals surface area contributed by atoms with Gasteiger partial charge in [0.15, 0.2) is 5.96 Å². The van der Waals surface area contributed by atoms with E-state index in [-0.39, 0.29) is 35.2 Å². The van der Waals surface area contributed by atoms with Crippen LogP contribution in [0, 0.1) is 5.82 Å². The first-order chi connectivity index (χ1) is 13.4. The van der Waals surface area contributed by atoms with Crippen LogP contribution in [-0.2, 0) is 14.9 Å². The van der Waals surface area contributed by atoms with Crippen molar-refractivity contribution in [3.05, 3.63) is 34.6 Å². The number of benzene rings is 1. The maximum absolute atomic E-state index is 13.4. The molecule has 166 valence electrons. The summed E-state index contributed by atoms with van der Waals surface area (Å²) in [5, 5.41) is 3.91. The molecule has 1 heterocycles. The van der Waals surface area contributed by atoms with Gasteiger partial charge < -0.3 is 19.7 Å². The van der Waals surface area contributed by atoms with Gasteiger partial charge in [0.05, 0.1) is 6.10 Å². The van der Waals surface area contributed by atoms with Gasteiger partial charge in [0.2, 0.25) is 0 Å². The van der Waals surface area contributed by atoms with Crippen LogP contribution >= 0.6 is 35.6 Å². The van der Waals surface area contributed by atoms with E-state index in [0.717, 1.165) is 57.1 Å². The topological polar surface area (TPSA) is 46.1 Å². The van der Waals surface area contributed by atoms with E-state index in [1.54, 1.807) is 20.2 Å². The van der Waals surface area contributed by atoms with Gasteiger partial charge in [-0.1, -0.05) is 31.5 Å². The van der Waals surface area contributed by atoms with Crippen molar-refractivity contribution in [1.29, 1.82) is 0 Å². The molecule has 0 amide bonds. The largest absolute Gasteiger partial charge is 0.385 e. The van der Waals surface area contributed by atoms with E-state index < -0.39 is 0 Å². The van der Waals surface area contributed by atoms with Crippen molar-refractivity contribution in [3.63, 3.8) is 0 Å². The van der Waals surface area contributed by atoms with Crippen LogP contribution in [0.25, 0.3) is 0 Å². The van der Waals surface area contributed by atoms with Crippen molar-refractivity contribution >= 4 is 41.5 Å². The highest BCUT2D eigenvalue weighted by Gasteiger charge is 2.26. The lowest BCUT2D eigenvalue weighted by Gasteiger charge is -2.36. The second-order valence-corrected chi connectivity index (χ2v) is 8.22. The fourth-order valence-electron chi connectivity index (χ4n) is 3.45. The number of ether oxygens (including phenoxy) is 2. The molecular formula is C21H34ClFIN3O2. The predicted molar refractivity (Wildman–Crippen MR) is 128 cm³/mol. The number of aliphatic imine (C=N–C) groups is 1. The van der Waals surface area contributed by atoms with Gasteiger partial charge in [-0.3, -0.25) is 4.99 Å². The Labute approximate surface area is 196 Å². The minimum absolute atomic E-state index is 0. The van der Waals surface area contributed by atoms with E-state index in [1.165, 1.54) is 12.1 Å². The molecule has 1 aliphatic rings. The average molecular weight is 542 g/mol. The number of piperidine rings is 1. The van der Waals surface area contributed by atoms with Crippen LogP contribution in [0.15, 0.2) is 23.2 Å². The van der Waals surface area contributed by atoms with Gasteiger partial charge >= 0.3 is 0 Å². The lowest BCUT2D eigenvalue weighted by atomic mass is 9.84. The van der Waals surface area contributed by atoms with Crippen molar-refractivity contribution in [2.45, 2.75) is 44.6 Å². The number of guanidine groups is 1. The molecule has 0 saturated carbocycles. The molecule has 1 aromatic carbocycles. The van der Waals surface area contributed by atoms with Crippen molar-refractivity contribution in [2.24, 2.45) is 4.99 Å². The van der Waals surface area contributed by atoms with Crippen molar-refractivity contribution < 1.29 is 13.9 Å². The summed E-state index contributed by atoms with van der Waals surface area (Å²) in [5.41, 5.74) is 0.658. The molecule has 0 radical (unpaired) electrons. The van der Waals surface area contributed by atoms with Gasteiger partial charge in [-0.15, -0.1) is 24.0 Å². The summed E-state index contributed by atoms with van der Waals surface area (Å²) in [6, 6.07) is 4.58. The van der Waals surface area contributed by atoms with E-state index >= 15 is 0 Å². The van der Waals surface area contributed by atoms with Crippen LogP contribution in [0.2, 0.25) is 5.02 Å². The van der Waals surface area contributed by atoms with Crippen LogP contribution in [0.4, 0.5) is 4.39 Å². The van der Waals surface area contributed by atoms with E-state index in [1.807, 2.05) is 0 Å². The SMILES string of the molecule is CN=C(NCC(C)(C)c1ccc(F)cc1Cl)N1CCC(OCCCOC)CC1.I. The lowest BCUT2D eigenvalue weighted by molar-refractivity contribution is 0.00987. The molecule has 0 bridgehead atoms. The van der Waals surface area contributed by atoms with E-state index in [0.29, 0.717) is 17.7 Å². The third-order valence-electron chi connectivity index (χ3n) is 5.15. The van der Waals surface area contributed by atoms with Crippen molar-refractivity contribution in [3.8, 4) is 0 Å². The summed E-state index contributed by atoms with van der Waals surface area (Å²) >= 11 is 6.26. The Morgan fingerprint density at radius 1 is 1.31 bits per heavy atom. The zero-order valence-electron chi connectivity index (χ0n) is 17.8. The average Bonchev–Trinajstić information content (AvgIpc) is 2.66. The molecule has 8 heteroatoms. The fraction of sp³-hybridized carbons (Fsp3) is 0.667. The molecule has 5 nitrogen and oxygen atoms in total. The van der Waals surface area contributed by atoms with Gasteiger partial charge in [-0.25, -0.2) is 4.39 Å². The Bertz CT molecular complexity index is 653. The highest BCUT2D eigenvalue weighted by molar-refractivity contribution is 14.0. The minimum Gasteiger partial charge on any atom is -0.385 e. The maximum Gasteiger partial charge on any atom is 0.193 e. The maximum atomic E-state index is 13.4. The second kappa shape index (κ2) is 12.9. The molecule has 0 aromatic heterocycles. The van der Waals surface area contributed by atoms with Gasteiger partial charge in [0.25, 0.3) is 0 Å². The van der Waals surface area contributed by atoms with Crippen LogP contribution in [0.5, 0.6) is 0 Å². The molecule has 1 aliphatic heterocycles. The van der Waals surface area contributed by atoms with Crippen LogP contribution in [0.3, 0.4) is 0 Å². The zero-order valence-corrected chi connectivity index (χ0v) is 20.9. The first-order valence-corrected chi connectivity index (χ1v) is 10.3. The van der Waals surface area contributed by atoms with Gasteiger partial charge in [0.1, 0.15) is 5.82 Å². The van der Waals surface area contributed by atoms with E-state index in [2.05, 4.69) is 29.1 Å². The number of likely N-dealkylation sites (tertiary alicyclic amines) is 1. The number of methoxy groups -OCH3 is 1. The number of hydrogen-bond acceptors (Lipinski definition) is 3. The minimum atomic E-state index is -0.319. The summed E-state index contributed by atoms with van der Waals surface area (Å²) < 4.78 is 24.3. The van der Waals surface area contributed by atoms with Gasteiger partial charge in [0, 0.05) is 57.4 Å². The number of halogens is 3. The molecule has 1 aromatic rings. The fourth-order valence-corrected chi connectivity index (χ4v) is 3.88. The number of nitrogens with one attached hydrogen (secondary N) is 1. The van der Waals surface area contributed by atoms with Crippen LogP contribution < -0.4 is 5.32 Å². The molecule has 1 saturated heterocycles. The molecule has 1 fully saturated rings. The first kappa shape index (κ1) is 26.4. The Kier molecular flexibility index (Phi) is 11.8. The quantitative estimate of drug-likeness (QED) is 0.228. The molecule has 0 spiro atoms. The van der Waals surface area contributed by atoms with Crippen molar-refractivity contribution in [2.75, 3.05) is 47.0 Å². The highest BCUT2D eigenvalue weighted by atomic mass is 127. The molecule has 0 unspecified atom stereocenters. The molecule has 2 rings (SSSR count). The summed E-state index contributed by atoms with van der Waals surface area (Å²) in [7, 11) is 3.51. The number of rotatable bonds is 8. The standard InChI is InChI=1S/C21H33ClFN3O2.HI/c1-21(2,18-7-6-16(23)14-19(18)22)15-25-20(24-3)26-10-8-17(9-11-26)28-13-5-12-27-4;/h6-7,14,17H,5,8-13,15H2,1-4H3,(H,24,25);1H. The van der Waals surface area contributed by atoms with Crippen LogP contribution in [-0.4, -0.2) is 64.0 Å². The Morgan fingerprint density at radius 2 is 2.00 bits per heavy atom. The molecular weight excluding hydrogens is 508 g/mol. The third-order valence-corrected chi connectivity index (χ3v) is 5.46. The Balaban J connectivity index is 0.00000420. The van der Waals surface area contributed by atoms with Crippen molar-refractivity contribution in [1.82, 2.24) is 10.2 Å². The summed E-state index contributed by atoms with van der Waals surface area (Å²) in [6.45, 7) is 8.14. The third kappa shape index (κ3) is 8.19. The monoisotopic (exact) mass is 541 g/mol. The summed E-state index contributed by atoms with van der Waals surface area (Å²) in [5.74, 6) is 0.560. The smallest absolute Gasteiger partial charge is 0.193 e. The second-order valence-electron chi connectivity index (χ2n) is 7.81. The number of hydrogen-bond donors (Lipinski definition) is 1. The summed E-state index contributed by atoms with van der Waals surface area (Å²) in [4.78, 5) is 6.70. The predicted octanol–water partition coefficient (Wildman–Crippen LogP) is 4.47. The van der Waals surface area contributed by atoms with E-state index in [9.17, 15) is 4.39 Å². The van der Waals surface area contributed by atoms with Gasteiger partial charge in [-0.2, -0.15) is 0 Å². The number of nitrogens with zero attached hydrogens (tertiary/aromatic N) is 2. The normalized spacial score (nSPS) is 15.9. The highest BCUT2D eigenvalue weighted by Crippen LogP contribution is 2.30. The zero-order chi connectivity index (χ0) is 20.6. The Morgan fingerprint density at radius 3 is 2.59 bits per heavy atom.